The highest BCUT2D eigenvalue weighted by molar-refractivity contribution is 9.10. The van der Waals surface area contributed by atoms with E-state index in [-0.39, 0.29) is 22.0 Å². The third-order valence-electron chi connectivity index (χ3n) is 7.18. The Kier molecular flexibility index (Phi) is 8.48. The lowest BCUT2D eigenvalue weighted by molar-refractivity contribution is 0.0271. The van der Waals surface area contributed by atoms with Gasteiger partial charge in [-0.05, 0) is 69.0 Å². The molecular formula is C26H30BrClFN5O4S. The molecule has 0 bridgehead atoms. The molecule has 0 spiro atoms. The normalized spacial score (nSPS) is 18.1. The SMILES string of the molecule is CS(=O)(=O)C1CCN(CCCn2cnc3c(F)c(Nc4ccc(Br)cc4Cl)c(C(=O)NOCC4CC4)cc32)C1. The summed E-state index contributed by atoms with van der Waals surface area (Å²) in [5.41, 5.74) is 3.50. The first-order chi connectivity index (χ1) is 18.6. The summed E-state index contributed by atoms with van der Waals surface area (Å²) in [5, 5.41) is 3.01. The van der Waals surface area contributed by atoms with Crippen LogP contribution < -0.4 is 10.8 Å². The summed E-state index contributed by atoms with van der Waals surface area (Å²) in [7, 11) is -3.05. The van der Waals surface area contributed by atoms with Crippen LogP contribution in [0.15, 0.2) is 35.1 Å². The minimum atomic E-state index is -3.05. The predicted octanol–water partition coefficient (Wildman–Crippen LogP) is 4.92. The lowest BCUT2D eigenvalue weighted by Crippen LogP contribution is -2.27. The number of amides is 1. The molecule has 1 aliphatic carbocycles. The number of sulfone groups is 1. The Morgan fingerprint density at radius 3 is 2.74 bits per heavy atom. The molecule has 1 amide bonds. The molecule has 5 rings (SSSR count). The van der Waals surface area contributed by atoms with Crippen LogP contribution >= 0.6 is 27.5 Å². The van der Waals surface area contributed by atoms with E-state index >= 15 is 4.39 Å². The lowest BCUT2D eigenvalue weighted by Gasteiger charge is -2.17. The first kappa shape index (κ1) is 28.3. The molecule has 2 fully saturated rings. The maximum Gasteiger partial charge on any atom is 0.277 e. The number of anilines is 2. The van der Waals surface area contributed by atoms with Gasteiger partial charge in [0.2, 0.25) is 0 Å². The molecule has 39 heavy (non-hydrogen) atoms. The van der Waals surface area contributed by atoms with Gasteiger partial charge < -0.3 is 14.8 Å². The largest absolute Gasteiger partial charge is 0.351 e. The number of carbonyl (C=O) groups is 1. The number of nitrogens with zero attached hydrogens (tertiary/aromatic N) is 3. The molecular weight excluding hydrogens is 613 g/mol. The summed E-state index contributed by atoms with van der Waals surface area (Å²) in [5.74, 6) is -0.814. The Labute approximate surface area is 240 Å². The fourth-order valence-corrected chi connectivity index (χ4v) is 6.48. The number of fused-ring (bicyclic) bond motifs is 1. The van der Waals surface area contributed by atoms with Crippen LogP contribution in [0.1, 0.15) is 36.0 Å². The van der Waals surface area contributed by atoms with Gasteiger partial charge in [-0.25, -0.2) is 23.3 Å². The van der Waals surface area contributed by atoms with E-state index in [0.29, 0.717) is 61.2 Å². The first-order valence-corrected chi connectivity index (χ1v) is 16.0. The average Bonchev–Trinajstić information content (AvgIpc) is 3.40. The number of likely N-dealkylation sites (tertiary alicyclic amines) is 1. The van der Waals surface area contributed by atoms with Crippen molar-refractivity contribution in [3.05, 3.63) is 51.5 Å². The molecule has 1 saturated carbocycles. The van der Waals surface area contributed by atoms with Gasteiger partial charge in [0.1, 0.15) is 5.52 Å². The molecule has 0 radical (unpaired) electrons. The highest BCUT2D eigenvalue weighted by Gasteiger charge is 2.30. The van der Waals surface area contributed by atoms with Crippen molar-refractivity contribution >= 4 is 65.7 Å². The van der Waals surface area contributed by atoms with Gasteiger partial charge in [-0.3, -0.25) is 9.63 Å². The fraction of sp³-hybridized carbons (Fsp3) is 0.462. The number of hydrogen-bond donors (Lipinski definition) is 2. The standard InChI is InChI=1S/C26H30BrClFN5O4S/c1-39(36,37)18-7-10-33(13-18)8-2-9-34-15-30-25-22(34)12-19(26(35)32-38-14-16-3-4-16)24(23(25)29)31-21-6-5-17(27)11-20(21)28/h5-6,11-12,15-16,18,31H,2-4,7-10,13-14H2,1H3,(H,32,35). The number of benzene rings is 2. The van der Waals surface area contributed by atoms with Gasteiger partial charge >= 0.3 is 0 Å². The summed E-state index contributed by atoms with van der Waals surface area (Å²) in [4.78, 5) is 25.0. The quantitative estimate of drug-likeness (QED) is 0.286. The number of aromatic nitrogens is 2. The van der Waals surface area contributed by atoms with E-state index in [4.69, 9.17) is 16.4 Å². The Morgan fingerprint density at radius 1 is 1.26 bits per heavy atom. The van der Waals surface area contributed by atoms with Crippen molar-refractivity contribution in [1.29, 1.82) is 0 Å². The fourth-order valence-electron chi connectivity index (χ4n) is 4.74. The summed E-state index contributed by atoms with van der Waals surface area (Å²) in [6.45, 7) is 2.90. The van der Waals surface area contributed by atoms with Gasteiger partial charge in [0.15, 0.2) is 15.7 Å². The number of nitrogens with one attached hydrogen (secondary N) is 2. The number of aryl methyl sites for hydroxylation is 1. The molecule has 2 aromatic carbocycles. The lowest BCUT2D eigenvalue weighted by atomic mass is 10.1. The molecule has 2 heterocycles. The highest BCUT2D eigenvalue weighted by Crippen LogP contribution is 2.35. The summed E-state index contributed by atoms with van der Waals surface area (Å²) < 4.78 is 42.2. The molecule has 210 valence electrons. The molecule has 1 aliphatic heterocycles. The second-order valence-corrected chi connectivity index (χ2v) is 13.9. The Balaban J connectivity index is 1.38. The van der Waals surface area contributed by atoms with E-state index in [1.807, 2.05) is 0 Å². The third-order valence-corrected chi connectivity index (χ3v) is 9.58. The van der Waals surface area contributed by atoms with Crippen LogP contribution in [-0.2, 0) is 21.2 Å². The van der Waals surface area contributed by atoms with Crippen molar-refractivity contribution in [1.82, 2.24) is 19.9 Å². The minimum Gasteiger partial charge on any atom is -0.351 e. The van der Waals surface area contributed by atoms with Crippen LogP contribution in [0.4, 0.5) is 15.8 Å². The Morgan fingerprint density at radius 2 is 2.05 bits per heavy atom. The zero-order valence-electron chi connectivity index (χ0n) is 21.4. The second-order valence-electron chi connectivity index (χ2n) is 10.2. The molecule has 1 aromatic heterocycles. The van der Waals surface area contributed by atoms with Crippen molar-refractivity contribution in [3.8, 4) is 0 Å². The number of hydrogen-bond acceptors (Lipinski definition) is 7. The molecule has 2 N–H and O–H groups in total. The first-order valence-electron chi connectivity index (χ1n) is 12.8. The molecule has 1 saturated heterocycles. The van der Waals surface area contributed by atoms with Crippen LogP contribution in [0.3, 0.4) is 0 Å². The van der Waals surface area contributed by atoms with Crippen LogP contribution in [0, 0.1) is 11.7 Å². The smallest absolute Gasteiger partial charge is 0.277 e. The molecule has 9 nitrogen and oxygen atoms in total. The highest BCUT2D eigenvalue weighted by atomic mass is 79.9. The summed E-state index contributed by atoms with van der Waals surface area (Å²) in [6.07, 6.45) is 6.32. The van der Waals surface area contributed by atoms with Crippen molar-refractivity contribution < 1.29 is 22.4 Å². The molecule has 2 aliphatic rings. The number of imidazole rings is 1. The van der Waals surface area contributed by atoms with E-state index in [0.717, 1.165) is 23.9 Å². The van der Waals surface area contributed by atoms with E-state index in [1.165, 1.54) is 6.26 Å². The van der Waals surface area contributed by atoms with Crippen LogP contribution in [0.5, 0.6) is 0 Å². The van der Waals surface area contributed by atoms with Crippen molar-refractivity contribution in [2.75, 3.05) is 37.8 Å². The number of halogens is 3. The number of hydroxylamine groups is 1. The maximum atomic E-state index is 15.9. The molecule has 1 unspecified atom stereocenters. The predicted molar refractivity (Wildman–Crippen MR) is 153 cm³/mol. The van der Waals surface area contributed by atoms with Gasteiger partial charge in [0, 0.05) is 23.8 Å². The van der Waals surface area contributed by atoms with Gasteiger partial charge in [0.25, 0.3) is 5.91 Å². The van der Waals surface area contributed by atoms with Gasteiger partial charge in [0.05, 0.1) is 45.7 Å². The Hall–Kier alpha value is -2.25. The summed E-state index contributed by atoms with van der Waals surface area (Å²) in [6, 6.07) is 6.72. The van der Waals surface area contributed by atoms with Crippen molar-refractivity contribution in [2.45, 2.75) is 37.5 Å². The molecule has 13 heteroatoms. The van der Waals surface area contributed by atoms with Gasteiger partial charge in [-0.15, -0.1) is 0 Å². The number of carbonyl (C=O) groups excluding carboxylic acids is 1. The molecule has 3 aromatic rings. The van der Waals surface area contributed by atoms with E-state index < -0.39 is 21.6 Å². The van der Waals surface area contributed by atoms with Crippen LogP contribution in [0.2, 0.25) is 5.02 Å². The second kappa shape index (κ2) is 11.7. The zero-order chi connectivity index (χ0) is 27.7. The van der Waals surface area contributed by atoms with E-state index in [2.05, 4.69) is 36.6 Å². The van der Waals surface area contributed by atoms with E-state index in [1.54, 1.807) is 35.2 Å². The Bertz CT molecular complexity index is 1500. The monoisotopic (exact) mass is 641 g/mol. The van der Waals surface area contributed by atoms with Crippen molar-refractivity contribution in [2.24, 2.45) is 5.92 Å². The minimum absolute atomic E-state index is 0.0478. The van der Waals surface area contributed by atoms with Crippen molar-refractivity contribution in [3.63, 3.8) is 0 Å². The van der Waals surface area contributed by atoms with Crippen LogP contribution in [-0.4, -0.2) is 66.5 Å². The maximum absolute atomic E-state index is 15.9. The average molecular weight is 643 g/mol. The zero-order valence-corrected chi connectivity index (χ0v) is 24.6. The van der Waals surface area contributed by atoms with Crippen LogP contribution in [0.25, 0.3) is 11.0 Å². The van der Waals surface area contributed by atoms with Gasteiger partial charge in [-0.2, -0.15) is 0 Å². The van der Waals surface area contributed by atoms with E-state index in [9.17, 15) is 13.2 Å². The van der Waals surface area contributed by atoms with Gasteiger partial charge in [-0.1, -0.05) is 27.5 Å². The molecule has 1 atom stereocenters. The third kappa shape index (κ3) is 6.74. The number of rotatable bonds is 11. The summed E-state index contributed by atoms with van der Waals surface area (Å²) >= 11 is 9.72. The topological polar surface area (TPSA) is 106 Å².